The molecule has 0 bridgehead atoms. The van der Waals surface area contributed by atoms with E-state index in [2.05, 4.69) is 13.0 Å². The molecule has 8 aliphatic rings. The fourth-order valence-electron chi connectivity index (χ4n) is 14.2. The van der Waals surface area contributed by atoms with Gasteiger partial charge >= 0.3 is 0 Å². The van der Waals surface area contributed by atoms with E-state index in [0.717, 1.165) is 12.8 Å². The van der Waals surface area contributed by atoms with E-state index in [4.69, 9.17) is 42.6 Å². The molecular weight excluding hydrogens is 868 g/mol. The van der Waals surface area contributed by atoms with Crippen LogP contribution in [0.3, 0.4) is 0 Å². The lowest BCUT2D eigenvalue weighted by atomic mass is 9.43. The molecule has 10 N–H and O–H groups in total. The van der Waals surface area contributed by atoms with E-state index in [1.165, 1.54) is 19.8 Å². The van der Waals surface area contributed by atoms with Crippen molar-refractivity contribution in [2.45, 2.75) is 227 Å². The molecule has 0 spiro atoms. The Morgan fingerprint density at radius 3 is 2.05 bits per heavy atom. The third-order valence-electron chi connectivity index (χ3n) is 18.0. The zero-order valence-corrected chi connectivity index (χ0v) is 39.5. The summed E-state index contributed by atoms with van der Waals surface area (Å²) >= 11 is 0. The molecule has 7 fully saturated rings. The molecule has 0 aromatic carbocycles. The topological polar surface area (TPSA) is 285 Å². The summed E-state index contributed by atoms with van der Waals surface area (Å²) in [7, 11) is 2.89. The van der Waals surface area contributed by atoms with Crippen LogP contribution in [-0.4, -0.2) is 206 Å². The van der Waals surface area contributed by atoms with Gasteiger partial charge in [-0.05, 0) is 89.4 Å². The van der Waals surface area contributed by atoms with Crippen molar-refractivity contribution in [2.24, 2.45) is 34.5 Å². The summed E-state index contributed by atoms with van der Waals surface area (Å²) in [6.45, 7) is 10.4. The highest BCUT2D eigenvalue weighted by Crippen LogP contribution is 2.68. The minimum absolute atomic E-state index is 0.0955. The number of rotatable bonds is 11. The highest BCUT2D eigenvalue weighted by atomic mass is 16.8. The van der Waals surface area contributed by atoms with Crippen molar-refractivity contribution >= 4 is 0 Å². The molecule has 0 radical (unpaired) electrons. The molecule has 66 heavy (non-hydrogen) atoms. The summed E-state index contributed by atoms with van der Waals surface area (Å²) in [6.07, 6.45) is -14.6. The average molecular weight is 947 g/mol. The van der Waals surface area contributed by atoms with Crippen LogP contribution in [0.25, 0.3) is 0 Å². The maximum absolute atomic E-state index is 12.4. The van der Waals surface area contributed by atoms with E-state index in [-0.39, 0.29) is 36.2 Å². The first-order chi connectivity index (χ1) is 31.1. The van der Waals surface area contributed by atoms with E-state index in [1.54, 1.807) is 20.8 Å². The molecule has 19 heteroatoms. The van der Waals surface area contributed by atoms with Gasteiger partial charge in [0.1, 0.15) is 54.9 Å². The lowest BCUT2D eigenvalue weighted by Crippen LogP contribution is -2.71. The SMILES string of the molecule is CO[C@H]1[C@@H](O)[C@H](O[C@H]2[C@@H](OC)C[C@H](O[C@H]3[C@@H](O)C[C@H]([C@H]4CC[C@@]5(C)C(=CC[C@@H]6[C@@H]5[C@H](O)C(O)[C@]5(C)[C@@H]([C@@H](C)O)CC[C@]65O)C4)O[C@@H]3C)O[C@@H]2C)O[C@H](C)[C@H]1O[C@@H]1O[C@H](CO)[C@@H](O)[C@H](O)[C@H]1O. The normalized spacial score (nSPS) is 55.9. The van der Waals surface area contributed by atoms with E-state index in [1.807, 2.05) is 13.8 Å². The van der Waals surface area contributed by atoms with Gasteiger partial charge in [-0.25, -0.2) is 0 Å². The largest absolute Gasteiger partial charge is 0.394 e. The molecule has 8 rings (SSSR count). The summed E-state index contributed by atoms with van der Waals surface area (Å²) in [5.74, 6) is -0.834. The van der Waals surface area contributed by atoms with Gasteiger partial charge in [-0.1, -0.05) is 25.5 Å². The standard InChI is InChI=1S/C47H78O19/c1-19(49)25-12-14-47(57)26-10-9-24-15-23(11-13-45(24,5)32(26)34(52)42(56)46(25,47)6)28-16-27(50)38(20(2)60-28)64-31-17-29(58-7)39(21(3)61-31)65-44-37(55)41(59-8)40(22(4)62-44)66-43-36(54)35(53)33(51)30(18-48)63-43/h9,19-23,25-44,48-57H,10-18H2,1-8H3/t19-,20-,21-,22-,23+,25-,26-,27+,28-,29+,30-,31+,32-,33-,34+,35+,36-,37-,38-,39-,40-,41+,42?,43+,44+,45+,46+,47+/m1/s1. The molecule has 19 nitrogen and oxygen atoms in total. The minimum Gasteiger partial charge on any atom is -0.394 e. The van der Waals surface area contributed by atoms with Gasteiger partial charge in [0.05, 0.1) is 67.1 Å². The van der Waals surface area contributed by atoms with E-state index in [9.17, 15) is 51.1 Å². The second-order valence-electron chi connectivity index (χ2n) is 21.4. The highest BCUT2D eigenvalue weighted by Gasteiger charge is 2.73. The number of hydrogen-bond donors (Lipinski definition) is 10. The Kier molecular flexibility index (Phi) is 15.2. The van der Waals surface area contributed by atoms with E-state index in [0.29, 0.717) is 32.1 Å². The van der Waals surface area contributed by atoms with Crippen LogP contribution in [0.1, 0.15) is 92.9 Å². The van der Waals surface area contributed by atoms with Crippen molar-refractivity contribution in [3.05, 3.63) is 11.6 Å². The number of aliphatic hydroxyl groups is 10. The Hall–Kier alpha value is -1.02. The van der Waals surface area contributed by atoms with Crippen LogP contribution < -0.4 is 0 Å². The van der Waals surface area contributed by atoms with E-state index >= 15 is 0 Å². The van der Waals surface area contributed by atoms with Gasteiger partial charge in [0.2, 0.25) is 0 Å². The lowest BCUT2D eigenvalue weighted by Gasteiger charge is -2.64. The molecule has 28 atom stereocenters. The molecule has 0 aromatic heterocycles. The van der Waals surface area contributed by atoms with Crippen LogP contribution in [0.15, 0.2) is 11.6 Å². The van der Waals surface area contributed by atoms with E-state index < -0.39 is 146 Å². The van der Waals surface area contributed by atoms with Crippen LogP contribution in [0.2, 0.25) is 0 Å². The predicted molar refractivity (Wildman–Crippen MR) is 229 cm³/mol. The van der Waals surface area contributed by atoms with Gasteiger partial charge in [0.15, 0.2) is 18.9 Å². The van der Waals surface area contributed by atoms with Crippen LogP contribution in [0.5, 0.6) is 0 Å². The first-order valence-corrected chi connectivity index (χ1v) is 24.3. The molecule has 380 valence electrons. The molecule has 4 aliphatic carbocycles. The Bertz CT molecular complexity index is 1680. The maximum atomic E-state index is 12.4. The molecule has 4 saturated heterocycles. The van der Waals surface area contributed by atoms with Crippen LogP contribution >= 0.6 is 0 Å². The van der Waals surface area contributed by atoms with Crippen molar-refractivity contribution in [1.29, 1.82) is 0 Å². The highest BCUT2D eigenvalue weighted by molar-refractivity contribution is 5.31. The average Bonchev–Trinajstić information content (AvgIpc) is 3.57. The molecule has 0 aromatic rings. The number of aliphatic hydroxyl groups excluding tert-OH is 9. The monoisotopic (exact) mass is 947 g/mol. The van der Waals surface area contributed by atoms with Crippen molar-refractivity contribution < 1.29 is 93.7 Å². The molecule has 3 saturated carbocycles. The number of allylic oxidation sites excluding steroid dienone is 2. The van der Waals surface area contributed by atoms with Gasteiger partial charge in [-0.15, -0.1) is 0 Å². The quantitative estimate of drug-likeness (QED) is 0.116. The Morgan fingerprint density at radius 2 is 1.39 bits per heavy atom. The first kappa shape index (κ1) is 51.3. The van der Waals surface area contributed by atoms with Crippen LogP contribution in [-0.2, 0) is 42.6 Å². The summed E-state index contributed by atoms with van der Waals surface area (Å²) < 4.78 is 54.8. The molecule has 4 heterocycles. The van der Waals surface area contributed by atoms with Crippen molar-refractivity contribution in [3.8, 4) is 0 Å². The maximum Gasteiger partial charge on any atom is 0.187 e. The minimum atomic E-state index is -1.67. The molecule has 0 amide bonds. The number of ether oxygens (including phenoxy) is 9. The first-order valence-electron chi connectivity index (χ1n) is 24.3. The second kappa shape index (κ2) is 19.5. The van der Waals surface area contributed by atoms with Crippen molar-refractivity contribution in [3.63, 3.8) is 0 Å². The van der Waals surface area contributed by atoms with Crippen molar-refractivity contribution in [1.82, 2.24) is 0 Å². The van der Waals surface area contributed by atoms with Gasteiger partial charge in [0.25, 0.3) is 0 Å². The third-order valence-corrected chi connectivity index (χ3v) is 18.0. The predicted octanol–water partition coefficient (Wildman–Crippen LogP) is -0.617. The third kappa shape index (κ3) is 8.47. The molecular formula is C47H78O19. The number of methoxy groups -OCH3 is 2. The number of fused-ring (bicyclic) bond motifs is 5. The Balaban J connectivity index is 0.863. The summed E-state index contributed by atoms with van der Waals surface area (Å²) in [5.41, 5.74) is -1.51. The van der Waals surface area contributed by atoms with Gasteiger partial charge in [-0.3, -0.25) is 0 Å². The lowest BCUT2D eigenvalue weighted by molar-refractivity contribution is -0.372. The summed E-state index contributed by atoms with van der Waals surface area (Å²) in [5, 5.41) is 111. The number of hydrogen-bond acceptors (Lipinski definition) is 19. The van der Waals surface area contributed by atoms with Crippen molar-refractivity contribution in [2.75, 3.05) is 20.8 Å². The fraction of sp³-hybridized carbons (Fsp3) is 0.957. The Labute approximate surface area is 387 Å². The zero-order chi connectivity index (χ0) is 47.9. The van der Waals surface area contributed by atoms with Crippen LogP contribution in [0, 0.1) is 34.5 Å². The smallest absolute Gasteiger partial charge is 0.187 e. The zero-order valence-electron chi connectivity index (χ0n) is 39.5. The molecule has 1 unspecified atom stereocenters. The summed E-state index contributed by atoms with van der Waals surface area (Å²) in [4.78, 5) is 0. The Morgan fingerprint density at radius 1 is 0.727 bits per heavy atom. The van der Waals surface area contributed by atoms with Gasteiger partial charge < -0.3 is 93.7 Å². The van der Waals surface area contributed by atoms with Crippen LogP contribution in [0.4, 0.5) is 0 Å². The fourth-order valence-corrected chi connectivity index (χ4v) is 14.2. The van der Waals surface area contributed by atoms with Gasteiger partial charge in [-0.2, -0.15) is 0 Å². The molecule has 4 aliphatic heterocycles. The van der Waals surface area contributed by atoms with Gasteiger partial charge in [0, 0.05) is 38.4 Å². The second-order valence-corrected chi connectivity index (χ2v) is 21.4. The summed E-state index contributed by atoms with van der Waals surface area (Å²) in [6, 6.07) is 0.